The molecule has 2 aromatic carbocycles. The molecule has 4 nitrogen and oxygen atoms in total. The van der Waals surface area contributed by atoms with E-state index in [9.17, 15) is 5.11 Å². The molecule has 1 aliphatic heterocycles. The summed E-state index contributed by atoms with van der Waals surface area (Å²) in [5.74, 6) is 3.02. The van der Waals surface area contributed by atoms with Crippen LogP contribution in [0.1, 0.15) is 50.4 Å². The molecule has 0 aromatic heterocycles. The van der Waals surface area contributed by atoms with Gasteiger partial charge in [0.2, 0.25) is 0 Å². The van der Waals surface area contributed by atoms with Gasteiger partial charge in [-0.25, -0.2) is 0 Å². The minimum Gasteiger partial charge on any atom is -0.377 e. The molecule has 31 heavy (non-hydrogen) atoms. The van der Waals surface area contributed by atoms with E-state index < -0.39 is 11.3 Å². The first-order chi connectivity index (χ1) is 14.9. The van der Waals surface area contributed by atoms with Crippen LogP contribution in [-0.2, 0) is 20.9 Å². The summed E-state index contributed by atoms with van der Waals surface area (Å²) in [7, 11) is 0. The number of rotatable bonds is 7. The first kappa shape index (κ1) is 24.5. The van der Waals surface area contributed by atoms with Crippen LogP contribution in [0.4, 0.5) is 0 Å². The predicted octanol–water partition coefficient (Wildman–Crippen LogP) is 5.82. The standard InChI is InChI=1S/C24H30NO3PS2/c1-4-27-29(30,28-5-2)31-17-16-24(26)18-22(20-12-8-6-9-13-20)25-23(19(24)3)21-14-10-7-11-15-21/h6-15,19,22-23,25-26H,4-5,18H2,1-3H3/t19-,22+,23-,24-/m0/s1. The molecule has 3 rings (SSSR count). The van der Waals surface area contributed by atoms with Crippen LogP contribution >= 0.6 is 17.1 Å². The van der Waals surface area contributed by atoms with Crippen LogP contribution in [0.15, 0.2) is 60.7 Å². The smallest absolute Gasteiger partial charge is 0.259 e. The summed E-state index contributed by atoms with van der Waals surface area (Å²) in [6, 6.07) is 20.4. The Morgan fingerprint density at radius 3 is 2.16 bits per heavy atom. The Morgan fingerprint density at radius 2 is 1.61 bits per heavy atom. The largest absolute Gasteiger partial charge is 0.377 e. The van der Waals surface area contributed by atoms with E-state index in [2.05, 4.69) is 40.8 Å². The minimum absolute atomic E-state index is 0.0197. The summed E-state index contributed by atoms with van der Waals surface area (Å²) >= 11 is 6.77. The van der Waals surface area contributed by atoms with Gasteiger partial charge in [0.15, 0.2) is 0 Å². The van der Waals surface area contributed by atoms with Gasteiger partial charge in [-0.05, 0) is 42.0 Å². The monoisotopic (exact) mass is 475 g/mol. The van der Waals surface area contributed by atoms with Crippen molar-refractivity contribution in [2.45, 2.75) is 44.9 Å². The molecule has 0 unspecified atom stereocenters. The second-order valence-corrected chi connectivity index (χ2v) is 13.5. The van der Waals surface area contributed by atoms with Crippen LogP contribution in [0.2, 0.25) is 0 Å². The van der Waals surface area contributed by atoms with Gasteiger partial charge in [0, 0.05) is 35.8 Å². The molecule has 0 aliphatic carbocycles. The predicted molar refractivity (Wildman–Crippen MR) is 133 cm³/mol. The molecule has 0 spiro atoms. The third kappa shape index (κ3) is 6.21. The molecule has 2 aromatic rings. The molecule has 0 bridgehead atoms. The molecule has 7 heteroatoms. The highest BCUT2D eigenvalue weighted by molar-refractivity contribution is 8.69. The quantitative estimate of drug-likeness (QED) is 0.389. The number of piperidine rings is 1. The fraction of sp³-hybridized carbons (Fsp3) is 0.417. The normalized spacial score (nSPS) is 26.1. The van der Waals surface area contributed by atoms with Gasteiger partial charge >= 0.3 is 0 Å². The Kier molecular flexibility index (Phi) is 8.78. The third-order valence-electron chi connectivity index (χ3n) is 5.51. The van der Waals surface area contributed by atoms with Gasteiger partial charge in [-0.2, -0.15) is 0 Å². The Balaban J connectivity index is 1.92. The highest BCUT2D eigenvalue weighted by atomic mass is 32.9. The summed E-state index contributed by atoms with van der Waals surface area (Å²) in [5.41, 5.74) is -1.44. The molecule has 4 atom stereocenters. The van der Waals surface area contributed by atoms with Gasteiger partial charge in [0.05, 0.1) is 13.2 Å². The average molecular weight is 476 g/mol. The van der Waals surface area contributed by atoms with E-state index in [0.29, 0.717) is 19.6 Å². The van der Waals surface area contributed by atoms with Crippen molar-refractivity contribution in [3.8, 4) is 11.2 Å². The molecule has 1 aliphatic rings. The molecule has 1 heterocycles. The fourth-order valence-corrected chi connectivity index (χ4v) is 7.41. The van der Waals surface area contributed by atoms with Gasteiger partial charge in [-0.3, -0.25) is 0 Å². The van der Waals surface area contributed by atoms with Gasteiger partial charge < -0.3 is 19.5 Å². The number of aliphatic hydroxyl groups is 1. The molecule has 1 fully saturated rings. The summed E-state index contributed by atoms with van der Waals surface area (Å²) in [6.07, 6.45) is 0.487. The lowest BCUT2D eigenvalue weighted by atomic mass is 9.72. The zero-order valence-electron chi connectivity index (χ0n) is 18.2. The topological polar surface area (TPSA) is 50.7 Å². The average Bonchev–Trinajstić information content (AvgIpc) is 2.77. The van der Waals surface area contributed by atoms with Gasteiger partial charge in [-0.1, -0.05) is 73.5 Å². The zero-order chi connectivity index (χ0) is 22.3. The second kappa shape index (κ2) is 11.1. The Hall–Kier alpha value is -1.16. The van der Waals surface area contributed by atoms with Crippen LogP contribution in [0.5, 0.6) is 0 Å². The Labute approximate surface area is 195 Å². The number of benzene rings is 2. The molecule has 0 saturated carbocycles. The van der Waals surface area contributed by atoms with Crippen molar-refractivity contribution >= 4 is 28.9 Å². The van der Waals surface area contributed by atoms with Crippen molar-refractivity contribution in [3.63, 3.8) is 0 Å². The van der Waals surface area contributed by atoms with Gasteiger partial charge in [0.1, 0.15) is 5.60 Å². The fourth-order valence-electron chi connectivity index (χ4n) is 3.88. The Morgan fingerprint density at radius 1 is 1.06 bits per heavy atom. The minimum atomic E-state index is -2.53. The SMILES string of the molecule is CCOP(=S)(OCC)SC#C[C@]1(O)C[C@H](c2ccccc2)N[C@H](c2ccccc2)[C@@H]1C. The molecule has 166 valence electrons. The molecule has 2 N–H and O–H groups in total. The maximum Gasteiger partial charge on any atom is 0.259 e. The maximum absolute atomic E-state index is 11.7. The molecule has 0 amide bonds. The first-order valence-electron chi connectivity index (χ1n) is 10.6. The van der Waals surface area contributed by atoms with Crippen LogP contribution in [-0.4, -0.2) is 23.9 Å². The van der Waals surface area contributed by atoms with Crippen molar-refractivity contribution in [2.75, 3.05) is 13.2 Å². The van der Waals surface area contributed by atoms with Crippen LogP contribution in [0, 0.1) is 17.1 Å². The van der Waals surface area contributed by atoms with Crippen LogP contribution in [0.3, 0.4) is 0 Å². The number of hydrogen-bond donors (Lipinski definition) is 2. The van der Waals surface area contributed by atoms with Crippen molar-refractivity contribution in [2.24, 2.45) is 5.92 Å². The summed E-state index contributed by atoms with van der Waals surface area (Å²) in [5, 5.41) is 18.5. The van der Waals surface area contributed by atoms with Crippen LogP contribution in [0.25, 0.3) is 0 Å². The highest BCUT2D eigenvalue weighted by Crippen LogP contribution is 2.60. The third-order valence-corrected chi connectivity index (χ3v) is 9.96. The van der Waals surface area contributed by atoms with Crippen molar-refractivity contribution in [1.29, 1.82) is 0 Å². The van der Waals surface area contributed by atoms with E-state index in [1.54, 1.807) is 0 Å². The molecule has 0 radical (unpaired) electrons. The van der Waals surface area contributed by atoms with Gasteiger partial charge in [0.25, 0.3) is 5.69 Å². The lowest BCUT2D eigenvalue weighted by Crippen LogP contribution is -2.51. The van der Waals surface area contributed by atoms with E-state index in [1.807, 2.05) is 57.2 Å². The maximum atomic E-state index is 11.7. The molecular weight excluding hydrogens is 445 g/mol. The highest BCUT2D eigenvalue weighted by Gasteiger charge is 2.45. The summed E-state index contributed by atoms with van der Waals surface area (Å²) < 4.78 is 11.3. The summed E-state index contributed by atoms with van der Waals surface area (Å²) in [4.78, 5) is 0. The van der Waals surface area contributed by atoms with Crippen molar-refractivity contribution < 1.29 is 14.2 Å². The number of hydrogen-bond acceptors (Lipinski definition) is 6. The van der Waals surface area contributed by atoms with Crippen molar-refractivity contribution in [1.82, 2.24) is 5.32 Å². The van der Waals surface area contributed by atoms with E-state index in [-0.39, 0.29) is 18.0 Å². The van der Waals surface area contributed by atoms with E-state index in [4.69, 9.17) is 20.9 Å². The lowest BCUT2D eigenvalue weighted by Gasteiger charge is -2.45. The first-order valence-corrected chi connectivity index (χ1v) is 14.6. The number of nitrogens with one attached hydrogen (secondary N) is 1. The van der Waals surface area contributed by atoms with Crippen LogP contribution < -0.4 is 5.32 Å². The van der Waals surface area contributed by atoms with E-state index in [0.717, 1.165) is 11.1 Å². The second-order valence-electron chi connectivity index (χ2n) is 7.54. The molecule has 1 saturated heterocycles. The zero-order valence-corrected chi connectivity index (χ0v) is 20.7. The Bertz CT molecular complexity index is 938. The van der Waals surface area contributed by atoms with E-state index >= 15 is 0 Å². The summed E-state index contributed by atoms with van der Waals surface area (Å²) in [6.45, 7) is 6.79. The molecular formula is C24H30NO3PS2. The van der Waals surface area contributed by atoms with E-state index in [1.165, 1.54) is 11.4 Å². The van der Waals surface area contributed by atoms with Gasteiger partial charge in [-0.15, -0.1) is 0 Å². The lowest BCUT2D eigenvalue weighted by molar-refractivity contribution is -0.0196. The van der Waals surface area contributed by atoms with Crippen molar-refractivity contribution in [3.05, 3.63) is 71.8 Å².